The monoisotopic (exact) mass is 524 g/mol. The van der Waals surface area contributed by atoms with Crippen molar-refractivity contribution in [3.8, 4) is 5.75 Å². The second-order valence-electron chi connectivity index (χ2n) is 9.26. The number of ether oxygens (including phenoxy) is 2. The average molecular weight is 525 g/mol. The van der Waals surface area contributed by atoms with Crippen molar-refractivity contribution >= 4 is 23.4 Å². The van der Waals surface area contributed by atoms with E-state index in [0.29, 0.717) is 33.0 Å². The molecule has 0 spiro atoms. The molecule has 1 unspecified atom stereocenters. The van der Waals surface area contributed by atoms with Gasteiger partial charge in [-0.25, -0.2) is 9.79 Å². The molecule has 38 heavy (non-hydrogen) atoms. The van der Waals surface area contributed by atoms with Gasteiger partial charge in [0.25, 0.3) is 5.56 Å². The van der Waals surface area contributed by atoms with Crippen LogP contribution in [0.3, 0.4) is 0 Å². The molecule has 7 heteroatoms. The number of carbonyl (C=O) groups excluding carboxylic acids is 1. The second-order valence-corrected chi connectivity index (χ2v) is 10.3. The standard InChI is InChI=1S/C31H28N2O4S/c1-20(2)37-30(35)27-21(3)32-31-33(28(27)23-14-8-5-9-15-23)29(34)26(38-31)18-24-16-10-11-17-25(24)36-19-22-12-6-4-7-13-22/h4-18,20,28H,19H2,1-3H3. The zero-order valence-electron chi connectivity index (χ0n) is 21.5. The summed E-state index contributed by atoms with van der Waals surface area (Å²) in [5.41, 5.74) is 3.36. The predicted molar refractivity (Wildman–Crippen MR) is 149 cm³/mol. The summed E-state index contributed by atoms with van der Waals surface area (Å²) in [6.45, 7) is 5.81. The molecule has 5 rings (SSSR count). The highest BCUT2D eigenvalue weighted by Gasteiger charge is 2.33. The summed E-state index contributed by atoms with van der Waals surface area (Å²) in [4.78, 5) is 32.2. The van der Waals surface area contributed by atoms with E-state index in [4.69, 9.17) is 9.47 Å². The van der Waals surface area contributed by atoms with E-state index in [9.17, 15) is 9.59 Å². The van der Waals surface area contributed by atoms with Crippen molar-refractivity contribution < 1.29 is 14.3 Å². The Kier molecular flexibility index (Phi) is 7.38. The zero-order chi connectivity index (χ0) is 26.6. The smallest absolute Gasteiger partial charge is 0.338 e. The van der Waals surface area contributed by atoms with Crippen LogP contribution in [0.2, 0.25) is 0 Å². The van der Waals surface area contributed by atoms with Crippen LogP contribution in [0.25, 0.3) is 6.08 Å². The van der Waals surface area contributed by atoms with Crippen molar-refractivity contribution in [1.82, 2.24) is 4.57 Å². The molecule has 1 atom stereocenters. The van der Waals surface area contributed by atoms with Gasteiger partial charge in [0.2, 0.25) is 0 Å². The Morgan fingerprint density at radius 2 is 1.66 bits per heavy atom. The first-order chi connectivity index (χ1) is 18.4. The second kappa shape index (κ2) is 11.0. The fourth-order valence-electron chi connectivity index (χ4n) is 4.42. The molecule has 192 valence electrons. The van der Waals surface area contributed by atoms with E-state index in [-0.39, 0.29) is 11.7 Å². The SMILES string of the molecule is CC1=C(C(=O)OC(C)C)C(c2ccccc2)n2c(sc(=Cc3ccccc3OCc3ccccc3)c2=O)=N1. The summed E-state index contributed by atoms with van der Waals surface area (Å²) >= 11 is 1.30. The van der Waals surface area contributed by atoms with E-state index < -0.39 is 12.0 Å². The lowest BCUT2D eigenvalue weighted by Crippen LogP contribution is -2.40. The minimum atomic E-state index is -0.634. The van der Waals surface area contributed by atoms with E-state index >= 15 is 0 Å². The Hall–Kier alpha value is -4.23. The van der Waals surface area contributed by atoms with E-state index in [1.54, 1.807) is 25.3 Å². The highest BCUT2D eigenvalue weighted by atomic mass is 32.1. The van der Waals surface area contributed by atoms with Crippen LogP contribution in [-0.2, 0) is 16.1 Å². The van der Waals surface area contributed by atoms with Crippen LogP contribution in [0.4, 0.5) is 0 Å². The summed E-state index contributed by atoms with van der Waals surface area (Å²) in [5.74, 6) is 0.211. The number of carbonyl (C=O) groups is 1. The van der Waals surface area contributed by atoms with Gasteiger partial charge >= 0.3 is 5.97 Å². The van der Waals surface area contributed by atoms with Crippen LogP contribution >= 0.6 is 11.3 Å². The van der Waals surface area contributed by atoms with E-state index in [1.807, 2.05) is 91.0 Å². The molecule has 0 bridgehead atoms. The highest BCUT2D eigenvalue weighted by Crippen LogP contribution is 2.31. The van der Waals surface area contributed by atoms with Gasteiger partial charge in [0.15, 0.2) is 4.80 Å². The molecule has 0 radical (unpaired) electrons. The van der Waals surface area contributed by atoms with Crippen LogP contribution in [0.15, 0.2) is 106 Å². The largest absolute Gasteiger partial charge is 0.488 e. The quantitative estimate of drug-likeness (QED) is 0.327. The van der Waals surface area contributed by atoms with Gasteiger partial charge in [-0.2, -0.15) is 0 Å². The maximum absolute atomic E-state index is 13.9. The molecular formula is C31H28N2O4S. The van der Waals surface area contributed by atoms with Crippen LogP contribution in [-0.4, -0.2) is 16.6 Å². The van der Waals surface area contributed by atoms with Crippen molar-refractivity contribution in [3.63, 3.8) is 0 Å². The number of rotatable bonds is 7. The summed E-state index contributed by atoms with van der Waals surface area (Å²) in [5, 5.41) is 0. The first-order valence-electron chi connectivity index (χ1n) is 12.5. The summed E-state index contributed by atoms with van der Waals surface area (Å²) in [7, 11) is 0. The van der Waals surface area contributed by atoms with Crippen molar-refractivity contribution in [2.24, 2.45) is 4.99 Å². The van der Waals surface area contributed by atoms with Gasteiger partial charge in [0.05, 0.1) is 27.9 Å². The molecule has 0 saturated heterocycles. The number of nitrogens with zero attached hydrogens (tertiary/aromatic N) is 2. The Labute approximate surface area is 224 Å². The molecule has 2 heterocycles. The van der Waals surface area contributed by atoms with E-state index in [2.05, 4.69) is 4.99 Å². The number of hydrogen-bond acceptors (Lipinski definition) is 6. The third-order valence-corrected chi connectivity index (χ3v) is 7.13. The van der Waals surface area contributed by atoms with Gasteiger partial charge < -0.3 is 9.47 Å². The molecular weight excluding hydrogens is 496 g/mol. The van der Waals surface area contributed by atoms with Crippen molar-refractivity contribution in [2.45, 2.75) is 39.5 Å². The maximum Gasteiger partial charge on any atom is 0.338 e. The highest BCUT2D eigenvalue weighted by molar-refractivity contribution is 7.07. The molecule has 4 aromatic rings. The molecule has 6 nitrogen and oxygen atoms in total. The number of allylic oxidation sites excluding steroid dienone is 1. The molecule has 0 fully saturated rings. The Morgan fingerprint density at radius 3 is 2.37 bits per heavy atom. The molecule has 1 aliphatic heterocycles. The van der Waals surface area contributed by atoms with Gasteiger partial charge in [-0.15, -0.1) is 0 Å². The van der Waals surface area contributed by atoms with Gasteiger partial charge in [0, 0.05) is 5.56 Å². The van der Waals surface area contributed by atoms with Gasteiger partial charge in [-0.1, -0.05) is 90.2 Å². The number of thiazole rings is 1. The first kappa shape index (κ1) is 25.4. The van der Waals surface area contributed by atoms with Gasteiger partial charge in [-0.05, 0) is 44.0 Å². The lowest BCUT2D eigenvalue weighted by atomic mass is 9.96. The zero-order valence-corrected chi connectivity index (χ0v) is 22.3. The molecule has 1 aliphatic rings. The topological polar surface area (TPSA) is 69.9 Å². The number of hydrogen-bond donors (Lipinski definition) is 0. The summed E-state index contributed by atoms with van der Waals surface area (Å²) < 4.78 is 13.8. The van der Waals surface area contributed by atoms with E-state index in [0.717, 1.165) is 16.7 Å². The first-order valence-corrected chi connectivity index (χ1v) is 13.3. The van der Waals surface area contributed by atoms with Gasteiger partial charge in [0.1, 0.15) is 12.4 Å². The van der Waals surface area contributed by atoms with E-state index in [1.165, 1.54) is 11.3 Å². The summed E-state index contributed by atoms with van der Waals surface area (Å²) in [6.07, 6.45) is 1.54. The predicted octanol–water partition coefficient (Wildman–Crippen LogP) is 4.77. The number of benzene rings is 3. The maximum atomic E-state index is 13.9. The molecule has 3 aromatic carbocycles. The van der Waals surface area contributed by atoms with Crippen LogP contribution in [0.1, 0.15) is 43.5 Å². The third kappa shape index (κ3) is 5.24. The Morgan fingerprint density at radius 1 is 1.00 bits per heavy atom. The summed E-state index contributed by atoms with van der Waals surface area (Å²) in [6, 6.07) is 26.5. The molecule has 0 amide bonds. The molecule has 0 saturated carbocycles. The van der Waals surface area contributed by atoms with Crippen molar-refractivity contribution in [1.29, 1.82) is 0 Å². The fraction of sp³-hybridized carbons (Fsp3) is 0.194. The minimum absolute atomic E-state index is 0.220. The normalized spacial score (nSPS) is 15.3. The van der Waals surface area contributed by atoms with Crippen LogP contribution < -0.4 is 19.6 Å². The third-order valence-electron chi connectivity index (χ3n) is 6.14. The van der Waals surface area contributed by atoms with Crippen LogP contribution in [0.5, 0.6) is 5.75 Å². The molecule has 0 aliphatic carbocycles. The number of para-hydroxylation sites is 1. The average Bonchev–Trinajstić information content (AvgIpc) is 3.22. The molecule has 0 N–H and O–H groups in total. The Bertz CT molecular complexity index is 1670. The van der Waals surface area contributed by atoms with Crippen molar-refractivity contribution in [3.05, 3.63) is 133 Å². The minimum Gasteiger partial charge on any atom is -0.488 e. The van der Waals surface area contributed by atoms with Crippen LogP contribution in [0, 0.1) is 0 Å². The lowest BCUT2D eigenvalue weighted by Gasteiger charge is -2.25. The van der Waals surface area contributed by atoms with Crippen molar-refractivity contribution in [2.75, 3.05) is 0 Å². The Balaban J connectivity index is 1.60. The number of aromatic nitrogens is 1. The number of esters is 1. The fourth-order valence-corrected chi connectivity index (χ4v) is 5.46. The molecule has 1 aromatic heterocycles. The number of fused-ring (bicyclic) bond motifs is 1. The lowest BCUT2D eigenvalue weighted by molar-refractivity contribution is -0.143. The van der Waals surface area contributed by atoms with Gasteiger partial charge in [-0.3, -0.25) is 9.36 Å².